The Hall–Kier alpha value is -2.13. The molecular weight excluding hydrogens is 370 g/mol. The number of thiazole rings is 1. The number of anilines is 1. The minimum absolute atomic E-state index is 0.340. The van der Waals surface area contributed by atoms with E-state index in [1.54, 1.807) is 30.5 Å². The van der Waals surface area contributed by atoms with Crippen molar-refractivity contribution in [2.45, 2.75) is 17.9 Å². The molecule has 0 aliphatic carbocycles. The zero-order chi connectivity index (χ0) is 19.2. The van der Waals surface area contributed by atoms with Gasteiger partial charge in [-0.2, -0.15) is 0 Å². The first kappa shape index (κ1) is 20.2. The number of benzene rings is 1. The molecule has 9 heteroatoms. The molecule has 1 heterocycles. The second kappa shape index (κ2) is 9.00. The molecule has 0 saturated heterocycles. The molecule has 0 saturated carbocycles. The maximum atomic E-state index is 11.5. The van der Waals surface area contributed by atoms with Gasteiger partial charge in [0.2, 0.25) is 0 Å². The Morgan fingerprint density at radius 3 is 2.46 bits per heavy atom. The Bertz CT molecular complexity index is 842. The van der Waals surface area contributed by atoms with Crippen LogP contribution in [-0.2, 0) is 22.8 Å². The van der Waals surface area contributed by atoms with E-state index in [4.69, 9.17) is 0 Å². The van der Waals surface area contributed by atoms with Gasteiger partial charge in [0.25, 0.3) is 0 Å². The molecule has 0 radical (unpaired) electrons. The first-order valence-electron chi connectivity index (χ1n) is 8.15. The van der Waals surface area contributed by atoms with Crippen molar-refractivity contribution in [3.8, 4) is 0 Å². The Labute approximate surface area is 159 Å². The summed E-state index contributed by atoms with van der Waals surface area (Å²) in [4.78, 5) is 11.0. The molecule has 0 unspecified atom stereocenters. The lowest BCUT2D eigenvalue weighted by molar-refractivity contribution is 0.602. The lowest BCUT2D eigenvalue weighted by atomic mass is 10.1. The summed E-state index contributed by atoms with van der Waals surface area (Å²) >= 11 is 1.61. The van der Waals surface area contributed by atoms with Gasteiger partial charge in [-0.25, -0.2) is 13.4 Å². The number of aliphatic imine (C=N–C) groups is 1. The van der Waals surface area contributed by atoms with E-state index in [0.717, 1.165) is 22.8 Å². The molecule has 0 amide bonds. The Kier molecular flexibility index (Phi) is 6.98. The fourth-order valence-electron chi connectivity index (χ4n) is 2.21. The van der Waals surface area contributed by atoms with E-state index in [1.165, 1.54) is 6.26 Å². The zero-order valence-corrected chi connectivity index (χ0v) is 17.1. The second-order valence-electron chi connectivity index (χ2n) is 6.03. The monoisotopic (exact) mass is 395 g/mol. The lowest BCUT2D eigenvalue weighted by Crippen LogP contribution is -2.37. The molecule has 0 atom stereocenters. The van der Waals surface area contributed by atoms with Crippen molar-refractivity contribution in [1.29, 1.82) is 0 Å². The molecule has 0 aliphatic rings. The van der Waals surface area contributed by atoms with E-state index in [9.17, 15) is 8.42 Å². The molecule has 26 heavy (non-hydrogen) atoms. The summed E-state index contributed by atoms with van der Waals surface area (Å²) in [5.74, 6) is 0.706. The summed E-state index contributed by atoms with van der Waals surface area (Å²) in [5.41, 5.74) is 2.04. The van der Waals surface area contributed by atoms with Gasteiger partial charge in [-0.3, -0.25) is 4.99 Å². The number of aromatic nitrogens is 1. The molecule has 0 aliphatic heterocycles. The smallest absolute Gasteiger partial charge is 0.191 e. The average molecular weight is 396 g/mol. The first-order chi connectivity index (χ1) is 12.3. The highest BCUT2D eigenvalue weighted by molar-refractivity contribution is 7.90. The van der Waals surface area contributed by atoms with Crippen LogP contribution in [0, 0.1) is 0 Å². The van der Waals surface area contributed by atoms with Gasteiger partial charge in [-0.15, -0.1) is 11.3 Å². The van der Waals surface area contributed by atoms with E-state index < -0.39 is 9.84 Å². The second-order valence-corrected chi connectivity index (χ2v) is 8.89. The molecule has 0 spiro atoms. The highest BCUT2D eigenvalue weighted by Gasteiger charge is 2.07. The summed E-state index contributed by atoms with van der Waals surface area (Å²) in [6.07, 6.45) is 1.98. The SMILES string of the molecule is CN=C(NCCc1ccc(S(C)(=O)=O)cc1)NCc1csc(N(C)C)n1. The molecule has 2 N–H and O–H groups in total. The molecule has 2 rings (SSSR count). The third kappa shape index (κ3) is 5.99. The highest BCUT2D eigenvalue weighted by atomic mass is 32.2. The van der Waals surface area contributed by atoms with Crippen LogP contribution in [0.1, 0.15) is 11.3 Å². The van der Waals surface area contributed by atoms with Gasteiger partial charge in [-0.05, 0) is 24.1 Å². The van der Waals surface area contributed by atoms with Gasteiger partial charge in [0, 0.05) is 39.3 Å². The fraction of sp³-hybridized carbons (Fsp3) is 0.412. The Morgan fingerprint density at radius 1 is 1.23 bits per heavy atom. The standard InChI is InChI=1S/C17H25N5O2S2/c1-18-16(20-11-14-12-25-17(21-14)22(2)3)19-10-9-13-5-7-15(8-6-13)26(4,23)24/h5-8,12H,9-11H2,1-4H3,(H2,18,19,20). The predicted molar refractivity (Wildman–Crippen MR) is 108 cm³/mol. The zero-order valence-electron chi connectivity index (χ0n) is 15.5. The quantitative estimate of drug-likeness (QED) is 0.546. The van der Waals surface area contributed by atoms with Crippen LogP contribution in [0.25, 0.3) is 0 Å². The molecule has 0 bridgehead atoms. The van der Waals surface area contributed by atoms with Crippen molar-refractivity contribution in [3.05, 3.63) is 40.9 Å². The van der Waals surface area contributed by atoms with Gasteiger partial charge < -0.3 is 15.5 Å². The van der Waals surface area contributed by atoms with Gasteiger partial charge >= 0.3 is 0 Å². The normalized spacial score (nSPS) is 12.1. The number of sulfone groups is 1. The van der Waals surface area contributed by atoms with Crippen molar-refractivity contribution >= 4 is 32.3 Å². The summed E-state index contributed by atoms with van der Waals surface area (Å²) < 4.78 is 22.9. The van der Waals surface area contributed by atoms with Crippen LogP contribution in [0.4, 0.5) is 5.13 Å². The lowest BCUT2D eigenvalue weighted by Gasteiger charge is -2.11. The van der Waals surface area contributed by atoms with Crippen LogP contribution < -0.4 is 15.5 Å². The van der Waals surface area contributed by atoms with Gasteiger partial charge in [-0.1, -0.05) is 12.1 Å². The maximum absolute atomic E-state index is 11.5. The first-order valence-corrected chi connectivity index (χ1v) is 10.9. The number of nitrogens with one attached hydrogen (secondary N) is 2. The molecule has 142 valence electrons. The molecule has 1 aromatic carbocycles. The van der Waals surface area contributed by atoms with Crippen molar-refractivity contribution < 1.29 is 8.42 Å². The van der Waals surface area contributed by atoms with Crippen molar-refractivity contribution in [2.24, 2.45) is 4.99 Å². The number of guanidine groups is 1. The maximum Gasteiger partial charge on any atom is 0.191 e. The van der Waals surface area contributed by atoms with Crippen LogP contribution >= 0.6 is 11.3 Å². The Morgan fingerprint density at radius 2 is 1.92 bits per heavy atom. The van der Waals surface area contributed by atoms with E-state index in [-0.39, 0.29) is 0 Å². The minimum Gasteiger partial charge on any atom is -0.356 e. The van der Waals surface area contributed by atoms with Crippen LogP contribution in [0.3, 0.4) is 0 Å². The van der Waals surface area contributed by atoms with Crippen LogP contribution in [-0.4, -0.2) is 53.3 Å². The van der Waals surface area contributed by atoms with E-state index in [0.29, 0.717) is 23.9 Å². The topological polar surface area (TPSA) is 86.7 Å². The third-order valence-corrected chi connectivity index (χ3v) is 5.83. The molecule has 1 aromatic heterocycles. The van der Waals surface area contributed by atoms with Crippen LogP contribution in [0.2, 0.25) is 0 Å². The van der Waals surface area contributed by atoms with Gasteiger partial charge in [0.05, 0.1) is 17.1 Å². The van der Waals surface area contributed by atoms with Gasteiger partial charge in [0.15, 0.2) is 20.9 Å². The van der Waals surface area contributed by atoms with E-state index >= 15 is 0 Å². The predicted octanol–water partition coefficient (Wildman–Crippen LogP) is 1.52. The van der Waals surface area contributed by atoms with Gasteiger partial charge in [0.1, 0.15) is 0 Å². The minimum atomic E-state index is -3.15. The molecule has 0 fully saturated rings. The summed E-state index contributed by atoms with van der Waals surface area (Å²) in [5, 5.41) is 9.49. The number of hydrogen-bond acceptors (Lipinski definition) is 6. The van der Waals surface area contributed by atoms with E-state index in [1.807, 2.05) is 36.5 Å². The fourth-order valence-corrected chi connectivity index (χ4v) is 3.60. The van der Waals surface area contributed by atoms with E-state index in [2.05, 4.69) is 20.6 Å². The average Bonchev–Trinajstić information content (AvgIpc) is 3.07. The van der Waals surface area contributed by atoms with Crippen molar-refractivity contribution in [2.75, 3.05) is 38.8 Å². The number of hydrogen-bond donors (Lipinski definition) is 2. The summed E-state index contributed by atoms with van der Waals surface area (Å²) in [6, 6.07) is 6.96. The van der Waals surface area contributed by atoms with Crippen molar-refractivity contribution in [1.82, 2.24) is 15.6 Å². The summed E-state index contributed by atoms with van der Waals surface area (Å²) in [6.45, 7) is 1.30. The number of rotatable bonds is 7. The molecular formula is C17H25N5O2S2. The largest absolute Gasteiger partial charge is 0.356 e. The molecule has 2 aromatic rings. The van der Waals surface area contributed by atoms with Crippen LogP contribution in [0.5, 0.6) is 0 Å². The third-order valence-electron chi connectivity index (χ3n) is 3.64. The summed E-state index contributed by atoms with van der Waals surface area (Å²) in [7, 11) is 2.52. The Balaban J connectivity index is 1.79. The number of nitrogens with zero attached hydrogens (tertiary/aromatic N) is 3. The molecule has 7 nitrogen and oxygen atoms in total. The van der Waals surface area contributed by atoms with Crippen LogP contribution in [0.15, 0.2) is 39.5 Å². The highest BCUT2D eigenvalue weighted by Crippen LogP contribution is 2.17. The van der Waals surface area contributed by atoms with Crippen molar-refractivity contribution in [3.63, 3.8) is 0 Å².